The molecule has 0 spiro atoms. The van der Waals surface area contributed by atoms with Crippen molar-refractivity contribution in [2.24, 2.45) is 5.92 Å². The number of esters is 1. The summed E-state index contributed by atoms with van der Waals surface area (Å²) in [5.41, 5.74) is -0.851. The van der Waals surface area contributed by atoms with Crippen molar-refractivity contribution in [3.63, 3.8) is 0 Å². The second kappa shape index (κ2) is 10.2. The molecule has 1 aromatic carbocycles. The average Bonchev–Trinajstić information content (AvgIpc) is 2.75. The smallest absolute Gasteiger partial charge is 0.343 e. The number of nitrogens with zero attached hydrogens (tertiary/aromatic N) is 1. The van der Waals surface area contributed by atoms with E-state index in [2.05, 4.69) is 20.8 Å². The zero-order valence-electron chi connectivity index (χ0n) is 17.5. The van der Waals surface area contributed by atoms with Gasteiger partial charge in [0.1, 0.15) is 0 Å². The van der Waals surface area contributed by atoms with Crippen molar-refractivity contribution < 1.29 is 19.1 Å². The van der Waals surface area contributed by atoms with Crippen LogP contribution in [0.1, 0.15) is 64.9 Å². The summed E-state index contributed by atoms with van der Waals surface area (Å²) >= 11 is 0. The van der Waals surface area contributed by atoms with Gasteiger partial charge in [-0.2, -0.15) is 0 Å². The van der Waals surface area contributed by atoms with Crippen molar-refractivity contribution >= 4 is 5.97 Å². The van der Waals surface area contributed by atoms with Crippen molar-refractivity contribution in [2.75, 3.05) is 32.8 Å². The standard InChI is InChI=1S/C23H38NO3/c1-4-24(5-2,6-3)18-13-19-27-22(25)23(26,20-14-9-7-10-15-20)21-16-11-8-12-17-21/h7,9-10,14-15,21,26H,4-6,8,11-13,16-19H2,1-3H3/q+1/t23-/m0/s1. The summed E-state index contributed by atoms with van der Waals surface area (Å²) in [7, 11) is 0. The van der Waals surface area contributed by atoms with Crippen LogP contribution in [0.5, 0.6) is 0 Å². The molecule has 0 heterocycles. The third kappa shape index (κ3) is 5.11. The first-order chi connectivity index (χ1) is 13.0. The molecular weight excluding hydrogens is 338 g/mol. The van der Waals surface area contributed by atoms with E-state index in [0.717, 1.165) is 62.8 Å². The number of aliphatic hydroxyl groups is 1. The first kappa shape index (κ1) is 21.9. The number of hydrogen-bond acceptors (Lipinski definition) is 3. The minimum atomic E-state index is -1.52. The largest absolute Gasteiger partial charge is 0.463 e. The third-order valence-corrected chi connectivity index (χ3v) is 6.74. The Morgan fingerprint density at radius 3 is 2.22 bits per heavy atom. The van der Waals surface area contributed by atoms with Crippen molar-refractivity contribution in [1.82, 2.24) is 0 Å². The number of hydrogen-bond donors (Lipinski definition) is 1. The predicted molar refractivity (Wildman–Crippen MR) is 109 cm³/mol. The molecule has 0 aromatic heterocycles. The highest BCUT2D eigenvalue weighted by molar-refractivity contribution is 5.81. The van der Waals surface area contributed by atoms with E-state index in [9.17, 15) is 9.90 Å². The Bertz CT molecular complexity index is 556. The van der Waals surface area contributed by atoms with Gasteiger partial charge >= 0.3 is 5.97 Å². The van der Waals surface area contributed by atoms with Gasteiger partial charge in [0.15, 0.2) is 5.60 Å². The van der Waals surface area contributed by atoms with Crippen molar-refractivity contribution in [3.8, 4) is 0 Å². The molecule has 0 aliphatic heterocycles. The molecular formula is C23H38NO3+. The molecule has 0 amide bonds. The summed E-state index contributed by atoms with van der Waals surface area (Å²) in [5.74, 6) is -0.527. The van der Waals surface area contributed by atoms with E-state index < -0.39 is 11.6 Å². The van der Waals surface area contributed by atoms with Gasteiger partial charge in [0.25, 0.3) is 0 Å². The van der Waals surface area contributed by atoms with Gasteiger partial charge in [0.2, 0.25) is 0 Å². The number of benzene rings is 1. The lowest BCUT2D eigenvalue weighted by Crippen LogP contribution is -2.49. The van der Waals surface area contributed by atoms with Gasteiger partial charge in [-0.15, -0.1) is 0 Å². The van der Waals surface area contributed by atoms with Crippen molar-refractivity contribution in [3.05, 3.63) is 35.9 Å². The van der Waals surface area contributed by atoms with E-state index in [0.29, 0.717) is 12.2 Å². The molecule has 27 heavy (non-hydrogen) atoms. The molecule has 1 N–H and O–H groups in total. The van der Waals surface area contributed by atoms with Crippen LogP contribution >= 0.6 is 0 Å². The van der Waals surface area contributed by atoms with Gasteiger partial charge in [-0.05, 0) is 39.2 Å². The lowest BCUT2D eigenvalue weighted by Gasteiger charge is -2.37. The van der Waals surface area contributed by atoms with Gasteiger partial charge in [0.05, 0.1) is 32.8 Å². The third-order valence-electron chi connectivity index (χ3n) is 6.74. The molecule has 4 heteroatoms. The van der Waals surface area contributed by atoms with Crippen LogP contribution in [0.15, 0.2) is 30.3 Å². The number of quaternary nitrogens is 1. The van der Waals surface area contributed by atoms with Crippen LogP contribution in [-0.4, -0.2) is 48.3 Å². The molecule has 4 nitrogen and oxygen atoms in total. The van der Waals surface area contributed by atoms with Crippen LogP contribution in [0.25, 0.3) is 0 Å². The monoisotopic (exact) mass is 376 g/mol. The molecule has 1 atom stereocenters. The predicted octanol–water partition coefficient (Wildman–Crippen LogP) is 4.26. The highest BCUT2D eigenvalue weighted by atomic mass is 16.5. The first-order valence-corrected chi connectivity index (χ1v) is 10.8. The summed E-state index contributed by atoms with van der Waals surface area (Å²) in [5, 5.41) is 11.5. The van der Waals surface area contributed by atoms with Gasteiger partial charge < -0.3 is 14.3 Å². The van der Waals surface area contributed by atoms with Crippen LogP contribution < -0.4 is 0 Å². The normalized spacial score (nSPS) is 18.1. The molecule has 0 bridgehead atoms. The number of rotatable bonds is 10. The molecule has 0 unspecified atom stereocenters. The summed E-state index contributed by atoms with van der Waals surface area (Å²) < 4.78 is 6.69. The van der Waals surface area contributed by atoms with Gasteiger partial charge in [-0.1, -0.05) is 49.6 Å². The molecule has 0 radical (unpaired) electrons. The van der Waals surface area contributed by atoms with E-state index in [1.54, 1.807) is 0 Å². The molecule has 152 valence electrons. The highest BCUT2D eigenvalue weighted by Crippen LogP contribution is 2.40. The Balaban J connectivity index is 2.04. The maximum atomic E-state index is 13.0. The molecule has 1 aliphatic rings. The van der Waals surface area contributed by atoms with E-state index in [1.807, 2.05) is 30.3 Å². The molecule has 0 saturated heterocycles. The van der Waals surface area contributed by atoms with Gasteiger partial charge in [0, 0.05) is 12.3 Å². The van der Waals surface area contributed by atoms with Gasteiger partial charge in [-0.25, -0.2) is 4.79 Å². The van der Waals surface area contributed by atoms with Crippen LogP contribution in [0.3, 0.4) is 0 Å². The second-order valence-corrected chi connectivity index (χ2v) is 7.97. The topological polar surface area (TPSA) is 46.5 Å². The van der Waals surface area contributed by atoms with E-state index in [1.165, 1.54) is 6.42 Å². The summed E-state index contributed by atoms with van der Waals surface area (Å²) in [6, 6.07) is 9.37. The quantitative estimate of drug-likeness (QED) is 0.377. The number of carbonyl (C=O) groups is 1. The molecule has 1 saturated carbocycles. The fourth-order valence-corrected chi connectivity index (χ4v) is 4.55. The zero-order chi connectivity index (χ0) is 19.8. The summed E-state index contributed by atoms with van der Waals surface area (Å²) in [6.45, 7) is 11.3. The van der Waals surface area contributed by atoms with E-state index in [4.69, 9.17) is 4.74 Å². The number of ether oxygens (including phenoxy) is 1. The lowest BCUT2D eigenvalue weighted by molar-refractivity contribution is -0.923. The molecule has 2 rings (SSSR count). The Labute approximate surface area is 165 Å². The Hall–Kier alpha value is -1.39. The zero-order valence-corrected chi connectivity index (χ0v) is 17.5. The second-order valence-electron chi connectivity index (χ2n) is 7.97. The SMILES string of the molecule is CC[N+](CC)(CC)CCCOC(=O)[C@](O)(c1ccccc1)C1CCCCC1. The van der Waals surface area contributed by atoms with Crippen LogP contribution in [-0.2, 0) is 15.1 Å². The Morgan fingerprint density at radius 2 is 1.67 bits per heavy atom. The van der Waals surface area contributed by atoms with E-state index >= 15 is 0 Å². The maximum Gasteiger partial charge on any atom is 0.343 e. The van der Waals surface area contributed by atoms with Crippen LogP contribution in [0.2, 0.25) is 0 Å². The first-order valence-electron chi connectivity index (χ1n) is 10.8. The number of carbonyl (C=O) groups excluding carboxylic acids is 1. The summed E-state index contributed by atoms with van der Waals surface area (Å²) in [4.78, 5) is 13.0. The molecule has 1 aliphatic carbocycles. The van der Waals surface area contributed by atoms with Crippen molar-refractivity contribution in [1.29, 1.82) is 0 Å². The van der Waals surface area contributed by atoms with Gasteiger partial charge in [-0.3, -0.25) is 0 Å². The molecule has 1 aromatic rings. The Morgan fingerprint density at radius 1 is 1.07 bits per heavy atom. The van der Waals surface area contributed by atoms with E-state index in [-0.39, 0.29) is 5.92 Å². The fraction of sp³-hybridized carbons (Fsp3) is 0.696. The lowest BCUT2D eigenvalue weighted by atomic mass is 9.73. The highest BCUT2D eigenvalue weighted by Gasteiger charge is 2.47. The average molecular weight is 377 g/mol. The summed E-state index contributed by atoms with van der Waals surface area (Å²) in [6.07, 6.45) is 5.90. The fourth-order valence-electron chi connectivity index (χ4n) is 4.55. The molecule has 1 fully saturated rings. The minimum Gasteiger partial charge on any atom is -0.463 e. The van der Waals surface area contributed by atoms with Crippen molar-refractivity contribution in [2.45, 2.75) is 64.9 Å². The van der Waals surface area contributed by atoms with Crippen LogP contribution in [0.4, 0.5) is 0 Å². The Kier molecular flexibility index (Phi) is 8.30. The van der Waals surface area contributed by atoms with Crippen LogP contribution in [0, 0.1) is 5.92 Å². The maximum absolute atomic E-state index is 13.0. The minimum absolute atomic E-state index is 0.0575.